The van der Waals surface area contributed by atoms with Crippen LogP contribution in [-0.2, 0) is 32.7 Å². The van der Waals surface area contributed by atoms with E-state index in [1.165, 1.54) is 0 Å². The Hall–Kier alpha value is -0.0161. The van der Waals surface area contributed by atoms with Crippen LogP contribution >= 0.6 is 0 Å². The van der Waals surface area contributed by atoms with Gasteiger partial charge in [0, 0.05) is 44.9 Å². The molecule has 1 rings (SSSR count). The molecular formula is C6H7N3Y-2. The SMILES string of the molecule is C[C-]=Cn1[c-]nnc1C.[Y]. The van der Waals surface area contributed by atoms with Crippen molar-refractivity contribution in [2.75, 3.05) is 0 Å². The number of allylic oxidation sites excluding steroid dienone is 1. The van der Waals surface area contributed by atoms with E-state index in [-0.39, 0.29) is 32.7 Å². The summed E-state index contributed by atoms with van der Waals surface area (Å²) < 4.78 is 1.68. The van der Waals surface area contributed by atoms with Crippen LogP contribution in [0.4, 0.5) is 0 Å². The second kappa shape index (κ2) is 4.75. The maximum absolute atomic E-state index is 3.72. The Morgan fingerprint density at radius 3 is 2.80 bits per heavy atom. The fourth-order valence-corrected chi connectivity index (χ4v) is 0.515. The van der Waals surface area contributed by atoms with Crippen LogP contribution in [0.3, 0.4) is 0 Å². The van der Waals surface area contributed by atoms with Crippen molar-refractivity contribution in [3.05, 3.63) is 18.2 Å². The van der Waals surface area contributed by atoms with E-state index in [4.69, 9.17) is 0 Å². The Kier molecular flexibility index (Phi) is 4.74. The molecule has 4 heteroatoms. The van der Waals surface area contributed by atoms with Crippen molar-refractivity contribution < 1.29 is 32.7 Å². The Labute approximate surface area is 85.4 Å². The summed E-state index contributed by atoms with van der Waals surface area (Å²) >= 11 is 0. The minimum absolute atomic E-state index is 0. The Balaban J connectivity index is 0.000000810. The van der Waals surface area contributed by atoms with Gasteiger partial charge in [-0.05, 0) is 0 Å². The summed E-state index contributed by atoms with van der Waals surface area (Å²) in [5, 5.41) is 7.28. The number of nitrogens with zero attached hydrogens (tertiary/aromatic N) is 3. The average Bonchev–Trinajstić information content (AvgIpc) is 2.18. The molecule has 1 radical (unpaired) electrons. The second-order valence-corrected chi connectivity index (χ2v) is 1.63. The summed E-state index contributed by atoms with van der Waals surface area (Å²) in [5.41, 5.74) is 0. The van der Waals surface area contributed by atoms with Gasteiger partial charge in [0.15, 0.2) is 0 Å². The summed E-state index contributed by atoms with van der Waals surface area (Å²) in [6.45, 7) is 3.67. The zero-order valence-electron chi connectivity index (χ0n) is 6.00. The number of hydrogen-bond acceptors (Lipinski definition) is 2. The molecule has 0 aliphatic heterocycles. The second-order valence-electron chi connectivity index (χ2n) is 1.63. The largest absolute Gasteiger partial charge is 0.554 e. The third-order valence-corrected chi connectivity index (χ3v) is 0.954. The van der Waals surface area contributed by atoms with Crippen LogP contribution < -0.4 is 0 Å². The summed E-state index contributed by atoms with van der Waals surface area (Å²) in [5.74, 6) is 0.823. The normalized spacial score (nSPS) is 9.80. The van der Waals surface area contributed by atoms with E-state index in [0.29, 0.717) is 0 Å². The summed E-state index contributed by atoms with van der Waals surface area (Å²) in [6, 6.07) is 0. The third-order valence-electron chi connectivity index (χ3n) is 0.954. The number of aryl methyl sites for hydroxylation is 1. The Morgan fingerprint density at radius 1 is 1.70 bits per heavy atom. The van der Waals surface area contributed by atoms with Gasteiger partial charge in [-0.15, -0.1) is 0 Å². The smallest absolute Gasteiger partial charge is 0.0332 e. The monoisotopic (exact) mass is 210 g/mol. The zero-order chi connectivity index (χ0) is 6.69. The van der Waals surface area contributed by atoms with Crippen molar-refractivity contribution in [2.45, 2.75) is 13.8 Å². The number of hydrogen-bond donors (Lipinski definition) is 0. The van der Waals surface area contributed by atoms with Crippen molar-refractivity contribution in [1.82, 2.24) is 14.8 Å². The van der Waals surface area contributed by atoms with Crippen molar-refractivity contribution in [1.29, 1.82) is 0 Å². The molecule has 0 spiro atoms. The summed E-state index contributed by atoms with van der Waals surface area (Å²) in [6.07, 6.45) is 7.21. The van der Waals surface area contributed by atoms with Crippen molar-refractivity contribution in [3.63, 3.8) is 0 Å². The topological polar surface area (TPSA) is 30.7 Å². The van der Waals surface area contributed by atoms with Crippen LogP contribution in [0, 0.1) is 19.3 Å². The first-order chi connectivity index (χ1) is 4.34. The van der Waals surface area contributed by atoms with Crippen LogP contribution in [-0.4, -0.2) is 14.8 Å². The molecule has 0 aliphatic rings. The fourth-order valence-electron chi connectivity index (χ4n) is 0.515. The summed E-state index contributed by atoms with van der Waals surface area (Å²) in [7, 11) is 0. The molecule has 1 aromatic heterocycles. The molecule has 0 fully saturated rings. The predicted molar refractivity (Wildman–Crippen MR) is 33.3 cm³/mol. The van der Waals surface area contributed by atoms with Crippen LogP contribution in [0.15, 0.2) is 0 Å². The Morgan fingerprint density at radius 2 is 2.40 bits per heavy atom. The molecule has 0 saturated carbocycles. The van der Waals surface area contributed by atoms with Gasteiger partial charge in [-0.3, -0.25) is 6.20 Å². The van der Waals surface area contributed by atoms with Crippen LogP contribution in [0.1, 0.15) is 12.7 Å². The minimum atomic E-state index is 0. The molecule has 3 nitrogen and oxygen atoms in total. The van der Waals surface area contributed by atoms with E-state index < -0.39 is 0 Å². The zero-order valence-corrected chi connectivity index (χ0v) is 8.83. The molecule has 0 amide bonds. The molecule has 51 valence electrons. The first-order valence-corrected chi connectivity index (χ1v) is 2.64. The van der Waals surface area contributed by atoms with Crippen LogP contribution in [0.25, 0.3) is 6.20 Å². The third kappa shape index (κ3) is 2.31. The van der Waals surface area contributed by atoms with Crippen molar-refractivity contribution >= 4 is 6.20 Å². The van der Waals surface area contributed by atoms with Crippen LogP contribution in [0.2, 0.25) is 0 Å². The van der Waals surface area contributed by atoms with E-state index >= 15 is 0 Å². The minimum Gasteiger partial charge on any atom is -0.554 e. The maximum atomic E-state index is 3.72. The molecule has 0 aliphatic carbocycles. The Bertz CT molecular complexity index is 217. The molecule has 1 heterocycles. The first kappa shape index (κ1) is 9.98. The van der Waals surface area contributed by atoms with Crippen LogP contribution in [0.5, 0.6) is 0 Å². The first-order valence-electron chi connectivity index (χ1n) is 2.64. The van der Waals surface area contributed by atoms with Gasteiger partial charge >= 0.3 is 0 Å². The van der Waals surface area contributed by atoms with Crippen molar-refractivity contribution in [3.8, 4) is 0 Å². The van der Waals surface area contributed by atoms with Gasteiger partial charge in [-0.25, -0.2) is 17.1 Å². The van der Waals surface area contributed by atoms with Gasteiger partial charge in [-0.2, -0.15) is 0 Å². The molecular weight excluding hydrogens is 203 g/mol. The van der Waals surface area contributed by atoms with Gasteiger partial charge in [0.1, 0.15) is 0 Å². The van der Waals surface area contributed by atoms with E-state index in [2.05, 4.69) is 22.6 Å². The van der Waals surface area contributed by atoms with E-state index in [9.17, 15) is 0 Å². The van der Waals surface area contributed by atoms with Gasteiger partial charge in [0.2, 0.25) is 0 Å². The molecule has 0 atom stereocenters. The van der Waals surface area contributed by atoms with Gasteiger partial charge in [-0.1, -0.05) is 6.92 Å². The van der Waals surface area contributed by atoms with Gasteiger partial charge < -0.3 is 10.6 Å². The summed E-state index contributed by atoms with van der Waals surface area (Å²) in [4.78, 5) is 0. The van der Waals surface area contributed by atoms with E-state index in [0.717, 1.165) is 5.82 Å². The van der Waals surface area contributed by atoms with E-state index in [1.807, 2.05) is 13.8 Å². The molecule has 0 aromatic carbocycles. The molecule has 0 bridgehead atoms. The predicted octanol–water partition coefficient (Wildman–Crippen LogP) is 0.678. The number of aromatic nitrogens is 3. The average molecular weight is 210 g/mol. The molecule has 10 heavy (non-hydrogen) atoms. The standard InChI is InChI=1S/C6H7N3.Y/c1-3-4-9-5-7-8-6(9)2;/h4H,1-2H3;/q-2;. The molecule has 0 N–H and O–H groups in total. The van der Waals surface area contributed by atoms with Gasteiger partial charge in [0.05, 0.1) is 0 Å². The molecule has 1 aromatic rings. The molecule has 0 saturated heterocycles. The van der Waals surface area contributed by atoms with Gasteiger partial charge in [0.25, 0.3) is 0 Å². The van der Waals surface area contributed by atoms with E-state index in [1.54, 1.807) is 10.8 Å². The number of rotatable bonds is 1. The maximum Gasteiger partial charge on any atom is 0.0332 e. The quantitative estimate of drug-likeness (QED) is 0.638. The molecule has 0 unspecified atom stereocenters. The fraction of sp³-hybridized carbons (Fsp3) is 0.333. The van der Waals surface area contributed by atoms with Crippen molar-refractivity contribution in [2.24, 2.45) is 0 Å².